The maximum atomic E-state index is 13.9. The van der Waals surface area contributed by atoms with E-state index in [-0.39, 0.29) is 11.6 Å². The van der Waals surface area contributed by atoms with Gasteiger partial charge in [-0.15, -0.1) is 0 Å². The third-order valence-electron chi connectivity index (χ3n) is 15.2. The zero-order valence-electron chi connectivity index (χ0n) is 40.5. The molecular weight excluding hydrogens is 877 g/mol. The van der Waals surface area contributed by atoms with Crippen LogP contribution in [-0.4, -0.2) is 20.7 Å². The summed E-state index contributed by atoms with van der Waals surface area (Å²) in [6, 6.07) is 76.1. The van der Waals surface area contributed by atoms with E-state index in [0.29, 0.717) is 22.3 Å². The molecule has 0 spiro atoms. The lowest BCUT2D eigenvalue weighted by molar-refractivity contribution is 0.103. The Hall–Kier alpha value is -9.12. The van der Waals surface area contributed by atoms with Crippen LogP contribution >= 0.6 is 0 Å². The van der Waals surface area contributed by atoms with Crippen LogP contribution in [0.2, 0.25) is 0 Å². The number of para-hydroxylation sites is 2. The fraction of sp³-hybridized carbons (Fsp3) is 0.0588. The lowest BCUT2D eigenvalue weighted by Gasteiger charge is -2.22. The number of nitrogens with zero attached hydrogens (tertiary/aromatic N) is 2. The maximum absolute atomic E-state index is 13.9. The summed E-state index contributed by atoms with van der Waals surface area (Å²) in [6.45, 7) is 4.25. The Morgan fingerprint density at radius 3 is 1.04 bits per heavy atom. The number of ketones is 2. The third kappa shape index (κ3) is 6.82. The van der Waals surface area contributed by atoms with Crippen molar-refractivity contribution < 1.29 is 9.59 Å². The quantitative estimate of drug-likeness (QED) is 0.113. The van der Waals surface area contributed by atoms with E-state index >= 15 is 0 Å². The number of fused-ring (bicyclic) bond motifs is 8. The molecule has 13 aromatic rings. The molecule has 0 atom stereocenters. The summed E-state index contributed by atoms with van der Waals surface area (Å²) in [7, 11) is 4.28. The molecule has 2 heterocycles. The minimum absolute atomic E-state index is 0.00102. The van der Waals surface area contributed by atoms with E-state index in [0.717, 1.165) is 77.2 Å². The van der Waals surface area contributed by atoms with Crippen LogP contribution in [0.5, 0.6) is 0 Å². The largest absolute Gasteiger partial charge is 0.344 e. The van der Waals surface area contributed by atoms with Gasteiger partial charge >= 0.3 is 0 Å². The third-order valence-corrected chi connectivity index (χ3v) is 15.2. The van der Waals surface area contributed by atoms with Crippen molar-refractivity contribution in [2.75, 3.05) is 0 Å². The molecule has 0 aliphatic heterocycles. The van der Waals surface area contributed by atoms with Crippen LogP contribution in [0.3, 0.4) is 0 Å². The summed E-state index contributed by atoms with van der Waals surface area (Å²) in [5, 5.41) is 9.30. The summed E-state index contributed by atoms with van der Waals surface area (Å²) >= 11 is 0. The lowest BCUT2D eigenvalue weighted by atomic mass is 9.81. The molecule has 2 aromatic heterocycles. The van der Waals surface area contributed by atoms with Gasteiger partial charge in [0.2, 0.25) is 0 Å². The maximum Gasteiger partial charge on any atom is 0.193 e. The number of rotatable bonds is 8. The molecule has 0 saturated heterocycles. The molecule has 342 valence electrons. The Bertz CT molecular complexity index is 4120. The second kappa shape index (κ2) is 16.8. The van der Waals surface area contributed by atoms with Crippen LogP contribution in [-0.2, 0) is 14.1 Å². The molecule has 0 fully saturated rings. The number of hydrogen-bond donors (Lipinski definition) is 0. The highest BCUT2D eigenvalue weighted by molar-refractivity contribution is 6.24. The highest BCUT2D eigenvalue weighted by Crippen LogP contribution is 2.48. The van der Waals surface area contributed by atoms with Gasteiger partial charge in [-0.3, -0.25) is 9.59 Å². The van der Waals surface area contributed by atoms with Crippen LogP contribution < -0.4 is 0 Å². The SMILES string of the molecule is Cc1cc(C(=O)c2ccccc2)ccc1-c1c2ccc(-c3ccc4c(c3)c3ccccc3n4C)cc2c(-c2ccc(C(=O)c3ccccc3)cc2C)c2ccc(-c3ccc4c(c3)c3ccccc3n4C)cc12. The van der Waals surface area contributed by atoms with Gasteiger partial charge in [0.25, 0.3) is 0 Å². The topological polar surface area (TPSA) is 44.0 Å². The van der Waals surface area contributed by atoms with E-state index in [2.05, 4.69) is 183 Å². The average Bonchev–Trinajstić information content (AvgIpc) is 3.88. The van der Waals surface area contributed by atoms with Crippen LogP contribution in [0.1, 0.15) is 43.0 Å². The minimum Gasteiger partial charge on any atom is -0.344 e. The first-order valence-electron chi connectivity index (χ1n) is 24.6. The van der Waals surface area contributed by atoms with Gasteiger partial charge in [-0.2, -0.15) is 0 Å². The highest BCUT2D eigenvalue weighted by Gasteiger charge is 2.23. The first-order valence-corrected chi connectivity index (χ1v) is 24.6. The van der Waals surface area contributed by atoms with Gasteiger partial charge in [0.1, 0.15) is 0 Å². The second-order valence-electron chi connectivity index (χ2n) is 19.3. The normalized spacial score (nSPS) is 11.7. The van der Waals surface area contributed by atoms with Gasteiger partial charge in [-0.05, 0) is 152 Å². The van der Waals surface area contributed by atoms with Crippen molar-refractivity contribution in [2.45, 2.75) is 13.8 Å². The monoisotopic (exact) mass is 924 g/mol. The summed E-state index contributed by atoms with van der Waals surface area (Å²) in [5.74, 6) is -0.00203. The van der Waals surface area contributed by atoms with Gasteiger partial charge in [-0.25, -0.2) is 0 Å². The Labute approximate surface area is 417 Å². The van der Waals surface area contributed by atoms with Crippen molar-refractivity contribution in [3.8, 4) is 44.5 Å². The van der Waals surface area contributed by atoms with E-state index in [4.69, 9.17) is 0 Å². The van der Waals surface area contributed by atoms with E-state index in [1.807, 2.05) is 72.8 Å². The summed E-state index contributed by atoms with van der Waals surface area (Å²) < 4.78 is 4.55. The van der Waals surface area contributed by atoms with Crippen LogP contribution in [0.4, 0.5) is 0 Å². The fourth-order valence-electron chi connectivity index (χ4n) is 11.5. The number of carbonyl (C=O) groups excluding carboxylic acids is 2. The van der Waals surface area contributed by atoms with Crippen LogP contribution in [0, 0.1) is 13.8 Å². The summed E-state index contributed by atoms with van der Waals surface area (Å²) in [4.78, 5) is 27.9. The predicted molar refractivity (Wildman–Crippen MR) is 300 cm³/mol. The van der Waals surface area contributed by atoms with E-state index in [1.165, 1.54) is 43.6 Å². The molecule has 13 rings (SSSR count). The molecular formula is C68H48N2O2. The molecule has 0 aliphatic rings. The predicted octanol–water partition coefficient (Wildman–Crippen LogP) is 17.0. The molecule has 0 N–H and O–H groups in total. The Balaban J connectivity index is 1.09. The first kappa shape index (κ1) is 42.9. The van der Waals surface area contributed by atoms with E-state index < -0.39 is 0 Å². The molecule has 4 nitrogen and oxygen atoms in total. The second-order valence-corrected chi connectivity index (χ2v) is 19.3. The fourth-order valence-corrected chi connectivity index (χ4v) is 11.5. The number of aryl methyl sites for hydroxylation is 4. The van der Waals surface area contributed by atoms with Crippen molar-refractivity contribution in [3.63, 3.8) is 0 Å². The average molecular weight is 925 g/mol. The zero-order valence-corrected chi connectivity index (χ0v) is 40.5. The molecule has 4 heteroatoms. The number of hydrogen-bond acceptors (Lipinski definition) is 2. The molecule has 0 aliphatic carbocycles. The van der Waals surface area contributed by atoms with Crippen LogP contribution in [0.25, 0.3) is 110 Å². The molecule has 0 unspecified atom stereocenters. The van der Waals surface area contributed by atoms with Gasteiger partial charge in [0.05, 0.1) is 0 Å². The standard InChI is InChI=1S/C68H48N2O2/c1-41-35-49(67(71)43-15-7-5-8-16-43)25-29-51(41)65-55-31-23-46(48-28-34-64-58(38-48)54-20-12-14-22-62(54)70(64)4)40-60(55)66(52-30-26-50(36-42(52)2)68(72)44-17-9-6-10-18-44)56-32-24-45(39-59(56)65)47-27-33-63-57(37-47)53-19-11-13-21-61(53)69(63)3/h5-40H,1-4H3. The van der Waals surface area contributed by atoms with Crippen LogP contribution in [0.15, 0.2) is 218 Å². The number of benzene rings is 11. The zero-order chi connectivity index (χ0) is 48.8. The molecule has 72 heavy (non-hydrogen) atoms. The Kier molecular flexibility index (Phi) is 10.0. The summed E-state index contributed by atoms with van der Waals surface area (Å²) in [6.07, 6.45) is 0. The minimum atomic E-state index is -0.00102. The van der Waals surface area contributed by atoms with Gasteiger partial charge in [0.15, 0.2) is 11.6 Å². The molecule has 11 aromatic carbocycles. The Morgan fingerprint density at radius 2 is 0.639 bits per heavy atom. The molecule has 0 amide bonds. The molecule has 0 radical (unpaired) electrons. The van der Waals surface area contributed by atoms with E-state index in [9.17, 15) is 9.59 Å². The van der Waals surface area contributed by atoms with Gasteiger partial charge in [-0.1, -0.05) is 158 Å². The molecule has 0 saturated carbocycles. The Morgan fingerprint density at radius 1 is 0.292 bits per heavy atom. The lowest BCUT2D eigenvalue weighted by Crippen LogP contribution is -2.02. The molecule has 0 bridgehead atoms. The summed E-state index contributed by atoms with van der Waals surface area (Å²) in [5.41, 5.74) is 18.3. The highest BCUT2D eigenvalue weighted by atomic mass is 16.1. The van der Waals surface area contributed by atoms with Crippen molar-refractivity contribution in [3.05, 3.63) is 252 Å². The van der Waals surface area contributed by atoms with E-state index in [1.54, 1.807) is 0 Å². The van der Waals surface area contributed by atoms with Crippen molar-refractivity contribution in [1.29, 1.82) is 0 Å². The number of carbonyl (C=O) groups is 2. The van der Waals surface area contributed by atoms with Crippen molar-refractivity contribution >= 4 is 76.7 Å². The number of aromatic nitrogens is 2. The van der Waals surface area contributed by atoms with Crippen molar-refractivity contribution in [1.82, 2.24) is 9.13 Å². The smallest absolute Gasteiger partial charge is 0.193 e. The van der Waals surface area contributed by atoms with Gasteiger partial charge < -0.3 is 9.13 Å². The van der Waals surface area contributed by atoms with Gasteiger partial charge in [0, 0.05) is 80.0 Å². The van der Waals surface area contributed by atoms with Crippen molar-refractivity contribution in [2.24, 2.45) is 14.1 Å². The first-order chi connectivity index (χ1) is 35.2.